The quantitative estimate of drug-likeness (QED) is 0.820. The minimum Gasteiger partial charge on any atom is -0.314 e. The summed E-state index contributed by atoms with van der Waals surface area (Å²) in [5, 5.41) is 10.7. The summed E-state index contributed by atoms with van der Waals surface area (Å²) in [4.78, 5) is 0. The molecule has 0 aliphatic carbocycles. The van der Waals surface area contributed by atoms with Gasteiger partial charge in [0.2, 0.25) is 0 Å². The Bertz CT molecular complexity index is 278. The van der Waals surface area contributed by atoms with Crippen molar-refractivity contribution >= 4 is 0 Å². The zero-order valence-corrected chi connectivity index (χ0v) is 9.10. The van der Waals surface area contributed by atoms with Crippen LogP contribution in [0.15, 0.2) is 30.3 Å². The third kappa shape index (κ3) is 3.33. The largest absolute Gasteiger partial charge is 0.314 e. The Labute approximate surface area is 91.5 Å². The van der Waals surface area contributed by atoms with Crippen LogP contribution in [0.5, 0.6) is 0 Å². The second-order valence-corrected chi connectivity index (χ2v) is 4.42. The lowest BCUT2D eigenvalue weighted by Gasteiger charge is -2.27. The summed E-state index contributed by atoms with van der Waals surface area (Å²) >= 11 is 0. The van der Waals surface area contributed by atoms with Crippen molar-refractivity contribution in [2.75, 3.05) is 13.1 Å². The highest BCUT2D eigenvalue weighted by molar-refractivity contribution is 5.14. The predicted octanol–water partition coefficient (Wildman–Crippen LogP) is 2.72. The Balaban J connectivity index is 1.74. The summed E-state index contributed by atoms with van der Waals surface area (Å²) in [5.74, 6) is 0.800. The van der Waals surface area contributed by atoms with Gasteiger partial charge in [0, 0.05) is 13.1 Å². The van der Waals surface area contributed by atoms with Crippen molar-refractivity contribution < 1.29 is 5.21 Å². The first-order valence-corrected chi connectivity index (χ1v) is 5.82. The van der Waals surface area contributed by atoms with Gasteiger partial charge in [-0.3, -0.25) is 0 Å². The molecule has 0 unspecified atom stereocenters. The molecule has 1 fully saturated rings. The molecule has 0 radical (unpaired) electrons. The van der Waals surface area contributed by atoms with E-state index in [9.17, 15) is 5.21 Å². The van der Waals surface area contributed by atoms with Crippen LogP contribution in [0.4, 0.5) is 0 Å². The third-order valence-electron chi connectivity index (χ3n) is 3.28. The van der Waals surface area contributed by atoms with Gasteiger partial charge in [-0.05, 0) is 37.2 Å². The minimum absolute atomic E-state index is 0.800. The molecule has 0 bridgehead atoms. The molecule has 0 saturated carbocycles. The summed E-state index contributed by atoms with van der Waals surface area (Å²) in [6.45, 7) is 1.69. The molecule has 2 rings (SSSR count). The van der Waals surface area contributed by atoms with Crippen LogP contribution in [-0.4, -0.2) is 23.4 Å². The van der Waals surface area contributed by atoms with E-state index in [2.05, 4.69) is 30.3 Å². The molecule has 2 heteroatoms. The second kappa shape index (κ2) is 5.29. The van der Waals surface area contributed by atoms with E-state index in [1.54, 1.807) is 0 Å². The fourth-order valence-corrected chi connectivity index (χ4v) is 2.22. The van der Waals surface area contributed by atoms with Crippen LogP contribution in [0.3, 0.4) is 0 Å². The summed E-state index contributed by atoms with van der Waals surface area (Å²) in [6.07, 6.45) is 4.72. The molecular weight excluding hydrogens is 186 g/mol. The fourth-order valence-electron chi connectivity index (χ4n) is 2.22. The maximum absolute atomic E-state index is 9.25. The number of piperidine rings is 1. The van der Waals surface area contributed by atoms with Crippen LogP contribution < -0.4 is 0 Å². The average molecular weight is 205 g/mol. The van der Waals surface area contributed by atoms with Gasteiger partial charge >= 0.3 is 0 Å². The van der Waals surface area contributed by atoms with Crippen molar-refractivity contribution in [1.29, 1.82) is 0 Å². The van der Waals surface area contributed by atoms with Gasteiger partial charge in [0.05, 0.1) is 0 Å². The van der Waals surface area contributed by atoms with E-state index in [1.165, 1.54) is 23.5 Å². The van der Waals surface area contributed by atoms with Crippen molar-refractivity contribution in [2.24, 2.45) is 5.92 Å². The SMILES string of the molecule is ON1CCC(CCc2ccccc2)CC1. The average Bonchev–Trinajstić information content (AvgIpc) is 2.30. The van der Waals surface area contributed by atoms with Gasteiger partial charge in [-0.15, -0.1) is 0 Å². The lowest BCUT2D eigenvalue weighted by atomic mass is 9.91. The lowest BCUT2D eigenvalue weighted by molar-refractivity contribution is -0.112. The number of hydrogen-bond donors (Lipinski definition) is 1. The van der Waals surface area contributed by atoms with Gasteiger partial charge in [0.15, 0.2) is 0 Å². The molecule has 2 nitrogen and oxygen atoms in total. The lowest BCUT2D eigenvalue weighted by Crippen LogP contribution is -2.30. The summed E-state index contributed by atoms with van der Waals surface area (Å²) in [6, 6.07) is 10.7. The Morgan fingerprint density at radius 3 is 2.47 bits per heavy atom. The molecule has 1 saturated heterocycles. The van der Waals surface area contributed by atoms with Gasteiger partial charge in [-0.25, -0.2) is 0 Å². The number of hydrogen-bond acceptors (Lipinski definition) is 2. The van der Waals surface area contributed by atoms with Gasteiger partial charge in [0.1, 0.15) is 0 Å². The molecule has 82 valence electrons. The zero-order chi connectivity index (χ0) is 10.5. The van der Waals surface area contributed by atoms with E-state index in [0.29, 0.717) is 0 Å². The first-order chi connectivity index (χ1) is 7.34. The standard InChI is InChI=1S/C13H19NO/c15-14-10-8-13(9-11-14)7-6-12-4-2-1-3-5-12/h1-5,13,15H,6-11H2. The van der Waals surface area contributed by atoms with Gasteiger partial charge in [0.25, 0.3) is 0 Å². The van der Waals surface area contributed by atoms with Gasteiger partial charge in [-0.1, -0.05) is 30.3 Å². The van der Waals surface area contributed by atoms with Crippen molar-refractivity contribution in [2.45, 2.75) is 25.7 Å². The van der Waals surface area contributed by atoms with E-state index in [-0.39, 0.29) is 0 Å². The predicted molar refractivity (Wildman–Crippen MR) is 60.8 cm³/mol. The first-order valence-electron chi connectivity index (χ1n) is 5.82. The first kappa shape index (κ1) is 10.7. The fraction of sp³-hybridized carbons (Fsp3) is 0.538. The Morgan fingerprint density at radius 2 is 1.80 bits per heavy atom. The Kier molecular flexibility index (Phi) is 3.75. The highest BCUT2D eigenvalue weighted by atomic mass is 16.5. The molecule has 0 amide bonds. The number of nitrogens with zero attached hydrogens (tertiary/aromatic N) is 1. The third-order valence-corrected chi connectivity index (χ3v) is 3.28. The molecule has 1 aromatic carbocycles. The number of aryl methyl sites for hydroxylation is 1. The molecule has 0 spiro atoms. The molecule has 0 aromatic heterocycles. The van der Waals surface area contributed by atoms with E-state index in [1.807, 2.05) is 0 Å². The minimum atomic E-state index is 0.800. The van der Waals surface area contributed by atoms with Gasteiger partial charge in [-0.2, -0.15) is 5.06 Å². The van der Waals surface area contributed by atoms with E-state index in [0.717, 1.165) is 31.8 Å². The van der Waals surface area contributed by atoms with Crippen molar-refractivity contribution in [3.05, 3.63) is 35.9 Å². The van der Waals surface area contributed by atoms with E-state index < -0.39 is 0 Å². The maximum atomic E-state index is 9.25. The van der Waals surface area contributed by atoms with Crippen molar-refractivity contribution in [3.8, 4) is 0 Å². The molecule has 1 N–H and O–H groups in total. The summed E-state index contributed by atoms with van der Waals surface area (Å²) in [5.41, 5.74) is 1.43. The van der Waals surface area contributed by atoms with Crippen molar-refractivity contribution in [1.82, 2.24) is 5.06 Å². The van der Waals surface area contributed by atoms with Crippen LogP contribution in [0, 0.1) is 5.92 Å². The molecule has 1 aromatic rings. The van der Waals surface area contributed by atoms with Crippen LogP contribution in [-0.2, 0) is 6.42 Å². The molecule has 0 atom stereocenters. The molecule has 1 aliphatic rings. The van der Waals surface area contributed by atoms with Crippen LogP contribution in [0.25, 0.3) is 0 Å². The monoisotopic (exact) mass is 205 g/mol. The smallest absolute Gasteiger partial charge is 0.0240 e. The normalized spacial score (nSPS) is 19.3. The zero-order valence-electron chi connectivity index (χ0n) is 9.10. The van der Waals surface area contributed by atoms with Crippen LogP contribution in [0.1, 0.15) is 24.8 Å². The number of rotatable bonds is 3. The van der Waals surface area contributed by atoms with E-state index in [4.69, 9.17) is 0 Å². The topological polar surface area (TPSA) is 23.5 Å². The molecule has 15 heavy (non-hydrogen) atoms. The molecular formula is C13H19NO. The van der Waals surface area contributed by atoms with E-state index >= 15 is 0 Å². The highest BCUT2D eigenvalue weighted by Crippen LogP contribution is 2.21. The number of hydroxylamine groups is 2. The highest BCUT2D eigenvalue weighted by Gasteiger charge is 2.17. The van der Waals surface area contributed by atoms with Crippen molar-refractivity contribution in [3.63, 3.8) is 0 Å². The Hall–Kier alpha value is -0.860. The maximum Gasteiger partial charge on any atom is 0.0240 e. The summed E-state index contributed by atoms with van der Waals surface area (Å²) < 4.78 is 0. The second-order valence-electron chi connectivity index (χ2n) is 4.42. The van der Waals surface area contributed by atoms with Gasteiger partial charge < -0.3 is 5.21 Å². The van der Waals surface area contributed by atoms with Crippen LogP contribution in [0.2, 0.25) is 0 Å². The summed E-state index contributed by atoms with van der Waals surface area (Å²) in [7, 11) is 0. The number of benzene rings is 1. The Morgan fingerprint density at radius 1 is 1.13 bits per heavy atom. The van der Waals surface area contributed by atoms with Crippen LogP contribution >= 0.6 is 0 Å². The molecule has 1 aliphatic heterocycles. The molecule has 1 heterocycles.